The first-order chi connectivity index (χ1) is 10.5. The first kappa shape index (κ1) is 15.7. The molecule has 0 aromatic heterocycles. The Kier molecular flexibility index (Phi) is 4.85. The quantitative estimate of drug-likeness (QED) is 0.629. The van der Waals surface area contributed by atoms with Crippen molar-refractivity contribution < 1.29 is 19.9 Å². The van der Waals surface area contributed by atoms with Gasteiger partial charge in [0, 0.05) is 24.5 Å². The van der Waals surface area contributed by atoms with E-state index in [0.717, 1.165) is 5.56 Å². The number of para-hydroxylation sites is 1. The molecular formula is C16H15NO5. The molecule has 2 N–H and O–H groups in total. The predicted octanol–water partition coefficient (Wildman–Crippen LogP) is 2.17. The van der Waals surface area contributed by atoms with Gasteiger partial charge in [0.05, 0.1) is 4.92 Å². The number of aliphatic hydroxyl groups excluding tert-OH is 1. The number of benzene rings is 2. The van der Waals surface area contributed by atoms with Gasteiger partial charge in [-0.3, -0.25) is 10.1 Å². The molecule has 0 fully saturated rings. The highest BCUT2D eigenvalue weighted by Crippen LogP contribution is 2.21. The number of aliphatic hydroxyl groups is 1. The summed E-state index contributed by atoms with van der Waals surface area (Å²) in [5.41, 5.74) is 2.27. The number of rotatable bonds is 6. The molecule has 114 valence electrons. The maximum Gasteiger partial charge on any atom is 0.332 e. The first-order valence-electron chi connectivity index (χ1n) is 6.68. The molecule has 0 heterocycles. The van der Waals surface area contributed by atoms with Crippen LogP contribution in [0.25, 0.3) is 0 Å². The fourth-order valence-corrected chi connectivity index (χ4v) is 2.16. The van der Waals surface area contributed by atoms with Crippen molar-refractivity contribution in [3.63, 3.8) is 0 Å². The van der Waals surface area contributed by atoms with Crippen LogP contribution < -0.4 is 0 Å². The molecule has 0 unspecified atom stereocenters. The molecule has 2 rings (SSSR count). The number of carbonyl (C=O) groups is 1. The van der Waals surface area contributed by atoms with Crippen LogP contribution in [0.5, 0.6) is 0 Å². The van der Waals surface area contributed by atoms with E-state index in [-0.39, 0.29) is 12.1 Å². The molecule has 0 amide bonds. The van der Waals surface area contributed by atoms with Gasteiger partial charge in [-0.25, -0.2) is 4.79 Å². The highest BCUT2D eigenvalue weighted by Gasteiger charge is 2.14. The smallest absolute Gasteiger partial charge is 0.332 e. The Morgan fingerprint density at radius 2 is 1.68 bits per heavy atom. The fourth-order valence-electron chi connectivity index (χ4n) is 2.16. The molecule has 0 aliphatic carbocycles. The van der Waals surface area contributed by atoms with Gasteiger partial charge in [-0.05, 0) is 11.1 Å². The Morgan fingerprint density at radius 3 is 2.27 bits per heavy atom. The summed E-state index contributed by atoms with van der Waals surface area (Å²) in [5.74, 6) is -1.26. The first-order valence-corrected chi connectivity index (χ1v) is 6.68. The summed E-state index contributed by atoms with van der Waals surface area (Å²) in [6.07, 6.45) is -0.985. The maximum absolute atomic E-state index is 11.0. The largest absolute Gasteiger partial charge is 0.479 e. The van der Waals surface area contributed by atoms with Crippen molar-refractivity contribution in [2.45, 2.75) is 18.9 Å². The fraction of sp³-hybridized carbons (Fsp3) is 0.188. The SMILES string of the molecule is O=C(O)[C@@H](O)Cc1ccc(Cc2ccccc2[N+](=O)[O-])cc1. The number of nitro groups is 1. The van der Waals surface area contributed by atoms with Crippen molar-refractivity contribution in [2.75, 3.05) is 0 Å². The third kappa shape index (κ3) is 3.89. The summed E-state index contributed by atoms with van der Waals surface area (Å²) in [5, 5.41) is 28.9. The van der Waals surface area contributed by atoms with Crippen LogP contribution in [0.1, 0.15) is 16.7 Å². The van der Waals surface area contributed by atoms with Crippen LogP contribution in [0, 0.1) is 10.1 Å². The Bertz CT molecular complexity index is 681. The summed E-state index contributed by atoms with van der Waals surface area (Å²) >= 11 is 0. The van der Waals surface area contributed by atoms with Gasteiger partial charge in [-0.1, -0.05) is 42.5 Å². The van der Waals surface area contributed by atoms with E-state index in [1.165, 1.54) is 6.07 Å². The zero-order valence-corrected chi connectivity index (χ0v) is 11.7. The Hall–Kier alpha value is -2.73. The maximum atomic E-state index is 11.0. The zero-order chi connectivity index (χ0) is 16.1. The van der Waals surface area contributed by atoms with Crippen molar-refractivity contribution in [1.29, 1.82) is 0 Å². The number of carboxylic acids is 1. The van der Waals surface area contributed by atoms with Crippen LogP contribution in [0.2, 0.25) is 0 Å². The standard InChI is InChI=1S/C16H15NO5/c18-15(16(19)20)10-12-7-5-11(6-8-12)9-13-3-1-2-4-14(13)17(21)22/h1-8,15,18H,9-10H2,(H,19,20)/t15-/m0/s1. The minimum absolute atomic E-state index is 0.0289. The van der Waals surface area contributed by atoms with E-state index in [4.69, 9.17) is 5.11 Å². The van der Waals surface area contributed by atoms with Gasteiger partial charge < -0.3 is 10.2 Å². The lowest BCUT2D eigenvalue weighted by Gasteiger charge is -2.07. The molecule has 6 nitrogen and oxygen atoms in total. The van der Waals surface area contributed by atoms with E-state index in [0.29, 0.717) is 17.5 Å². The molecule has 0 radical (unpaired) electrons. The van der Waals surface area contributed by atoms with E-state index in [1.54, 1.807) is 42.5 Å². The molecule has 0 saturated heterocycles. The summed E-state index contributed by atoms with van der Waals surface area (Å²) < 4.78 is 0. The van der Waals surface area contributed by atoms with Crippen LogP contribution in [-0.4, -0.2) is 27.2 Å². The number of nitro benzene ring substituents is 1. The zero-order valence-electron chi connectivity index (χ0n) is 11.7. The van der Waals surface area contributed by atoms with Crippen LogP contribution >= 0.6 is 0 Å². The van der Waals surface area contributed by atoms with Gasteiger partial charge in [0.2, 0.25) is 0 Å². The number of hydrogen-bond donors (Lipinski definition) is 2. The van der Waals surface area contributed by atoms with Crippen molar-refractivity contribution in [2.24, 2.45) is 0 Å². The minimum Gasteiger partial charge on any atom is -0.479 e. The van der Waals surface area contributed by atoms with Crippen LogP contribution in [-0.2, 0) is 17.6 Å². The van der Waals surface area contributed by atoms with Crippen molar-refractivity contribution in [3.05, 3.63) is 75.3 Å². The summed E-state index contributed by atoms with van der Waals surface area (Å²) in [6, 6.07) is 13.5. The molecular weight excluding hydrogens is 286 g/mol. The van der Waals surface area contributed by atoms with E-state index in [9.17, 15) is 20.0 Å². The lowest BCUT2D eigenvalue weighted by atomic mass is 10.0. The molecule has 0 aliphatic rings. The molecule has 0 saturated carbocycles. The van der Waals surface area contributed by atoms with Gasteiger partial charge in [-0.15, -0.1) is 0 Å². The minimum atomic E-state index is -1.43. The molecule has 0 spiro atoms. The predicted molar refractivity (Wildman–Crippen MR) is 79.7 cm³/mol. The topological polar surface area (TPSA) is 101 Å². The summed E-state index contributed by atoms with van der Waals surface area (Å²) in [6.45, 7) is 0. The van der Waals surface area contributed by atoms with Crippen molar-refractivity contribution >= 4 is 11.7 Å². The van der Waals surface area contributed by atoms with Crippen LogP contribution in [0.3, 0.4) is 0 Å². The molecule has 0 bridgehead atoms. The normalized spacial score (nSPS) is 11.9. The molecule has 2 aromatic rings. The lowest BCUT2D eigenvalue weighted by molar-refractivity contribution is -0.385. The molecule has 0 aliphatic heterocycles. The van der Waals surface area contributed by atoms with Gasteiger partial charge in [0.1, 0.15) is 0 Å². The molecule has 6 heteroatoms. The van der Waals surface area contributed by atoms with Gasteiger partial charge in [0.15, 0.2) is 6.10 Å². The monoisotopic (exact) mass is 301 g/mol. The van der Waals surface area contributed by atoms with Crippen molar-refractivity contribution in [1.82, 2.24) is 0 Å². The van der Waals surface area contributed by atoms with Crippen LogP contribution in [0.4, 0.5) is 5.69 Å². The number of carboxylic acid groups (broad SMARTS) is 1. The molecule has 2 aromatic carbocycles. The number of aliphatic carboxylic acids is 1. The Labute approximate surface area is 126 Å². The molecule has 22 heavy (non-hydrogen) atoms. The van der Waals surface area contributed by atoms with E-state index >= 15 is 0 Å². The average molecular weight is 301 g/mol. The average Bonchev–Trinajstić information content (AvgIpc) is 2.49. The number of hydrogen-bond acceptors (Lipinski definition) is 4. The second-order valence-corrected chi connectivity index (χ2v) is 4.94. The van der Waals surface area contributed by atoms with Gasteiger partial charge in [0.25, 0.3) is 5.69 Å². The second-order valence-electron chi connectivity index (χ2n) is 4.94. The highest BCUT2D eigenvalue weighted by molar-refractivity contribution is 5.72. The van der Waals surface area contributed by atoms with Crippen molar-refractivity contribution in [3.8, 4) is 0 Å². The summed E-state index contributed by atoms with van der Waals surface area (Å²) in [4.78, 5) is 21.2. The Balaban J connectivity index is 2.12. The van der Waals surface area contributed by atoms with Crippen LogP contribution in [0.15, 0.2) is 48.5 Å². The molecule has 1 atom stereocenters. The summed E-state index contributed by atoms with van der Waals surface area (Å²) in [7, 11) is 0. The van der Waals surface area contributed by atoms with Gasteiger partial charge >= 0.3 is 5.97 Å². The third-order valence-electron chi connectivity index (χ3n) is 3.32. The van der Waals surface area contributed by atoms with E-state index in [2.05, 4.69) is 0 Å². The van der Waals surface area contributed by atoms with E-state index in [1.807, 2.05) is 0 Å². The lowest BCUT2D eigenvalue weighted by Crippen LogP contribution is -2.21. The number of nitrogens with zero attached hydrogens (tertiary/aromatic N) is 1. The van der Waals surface area contributed by atoms with Gasteiger partial charge in [-0.2, -0.15) is 0 Å². The van der Waals surface area contributed by atoms with E-state index < -0.39 is 17.0 Å². The second kappa shape index (κ2) is 6.82. The third-order valence-corrected chi connectivity index (χ3v) is 3.32. The Morgan fingerprint density at radius 1 is 1.09 bits per heavy atom. The highest BCUT2D eigenvalue weighted by atomic mass is 16.6.